The SMILES string of the molecule is Cn1c(-c2ccc(CN)cc2)c(O)c(=O)c2ccccc21. The van der Waals surface area contributed by atoms with Crippen LogP contribution in [0.5, 0.6) is 5.75 Å². The molecule has 0 saturated heterocycles. The maximum absolute atomic E-state index is 12.3. The fraction of sp³-hybridized carbons (Fsp3) is 0.118. The third kappa shape index (κ3) is 2.10. The lowest BCUT2D eigenvalue weighted by Gasteiger charge is -2.14. The van der Waals surface area contributed by atoms with Crippen LogP contribution in [0.25, 0.3) is 22.2 Å². The van der Waals surface area contributed by atoms with E-state index in [2.05, 4.69) is 0 Å². The Labute approximate surface area is 122 Å². The average Bonchev–Trinajstić information content (AvgIpc) is 2.53. The van der Waals surface area contributed by atoms with Gasteiger partial charge in [-0.25, -0.2) is 0 Å². The van der Waals surface area contributed by atoms with Gasteiger partial charge in [0.05, 0.1) is 11.2 Å². The lowest BCUT2D eigenvalue weighted by molar-refractivity contribution is 0.468. The largest absolute Gasteiger partial charge is 0.503 e. The molecule has 0 radical (unpaired) electrons. The summed E-state index contributed by atoms with van der Waals surface area (Å²) < 4.78 is 1.84. The second kappa shape index (κ2) is 5.07. The van der Waals surface area contributed by atoms with Crippen molar-refractivity contribution in [3.63, 3.8) is 0 Å². The summed E-state index contributed by atoms with van der Waals surface area (Å²) in [5.74, 6) is -0.225. The Morgan fingerprint density at radius 1 is 1.10 bits per heavy atom. The second-order valence-electron chi connectivity index (χ2n) is 5.00. The Hall–Kier alpha value is -2.59. The molecule has 4 nitrogen and oxygen atoms in total. The first-order chi connectivity index (χ1) is 10.1. The molecule has 0 spiro atoms. The first-order valence-corrected chi connectivity index (χ1v) is 6.73. The molecule has 21 heavy (non-hydrogen) atoms. The zero-order valence-electron chi connectivity index (χ0n) is 11.7. The Bertz CT molecular complexity index is 864. The molecule has 0 aliphatic heterocycles. The highest BCUT2D eigenvalue weighted by Crippen LogP contribution is 2.29. The van der Waals surface area contributed by atoms with E-state index >= 15 is 0 Å². The van der Waals surface area contributed by atoms with Crippen molar-refractivity contribution in [2.75, 3.05) is 0 Å². The molecule has 4 heteroatoms. The smallest absolute Gasteiger partial charge is 0.231 e. The second-order valence-corrected chi connectivity index (χ2v) is 5.00. The van der Waals surface area contributed by atoms with E-state index in [1.807, 2.05) is 48.0 Å². The number of para-hydroxylation sites is 1. The molecule has 1 aromatic heterocycles. The van der Waals surface area contributed by atoms with Gasteiger partial charge in [0.25, 0.3) is 0 Å². The van der Waals surface area contributed by atoms with Crippen molar-refractivity contribution in [2.45, 2.75) is 6.54 Å². The molecular formula is C17H16N2O2. The van der Waals surface area contributed by atoms with Gasteiger partial charge in [0.2, 0.25) is 5.43 Å². The van der Waals surface area contributed by atoms with E-state index in [1.54, 1.807) is 12.1 Å². The Morgan fingerprint density at radius 3 is 2.43 bits per heavy atom. The molecule has 0 fully saturated rings. The van der Waals surface area contributed by atoms with Crippen LogP contribution in [0.15, 0.2) is 53.3 Å². The van der Waals surface area contributed by atoms with Crippen molar-refractivity contribution in [1.29, 1.82) is 0 Å². The monoisotopic (exact) mass is 280 g/mol. The van der Waals surface area contributed by atoms with Crippen LogP contribution in [0.3, 0.4) is 0 Å². The molecule has 3 N–H and O–H groups in total. The number of rotatable bonds is 2. The van der Waals surface area contributed by atoms with Gasteiger partial charge >= 0.3 is 0 Å². The highest BCUT2D eigenvalue weighted by atomic mass is 16.3. The van der Waals surface area contributed by atoms with Crippen molar-refractivity contribution in [3.05, 3.63) is 64.3 Å². The standard InChI is InChI=1S/C17H16N2O2/c1-19-14-5-3-2-4-13(14)16(20)17(21)15(19)12-8-6-11(10-18)7-9-12/h2-9,21H,10,18H2,1H3. The number of fused-ring (bicyclic) bond motifs is 1. The minimum atomic E-state index is -0.346. The Morgan fingerprint density at radius 2 is 1.76 bits per heavy atom. The van der Waals surface area contributed by atoms with Gasteiger partial charge in [0.15, 0.2) is 5.75 Å². The van der Waals surface area contributed by atoms with E-state index < -0.39 is 0 Å². The molecule has 2 aromatic carbocycles. The number of hydrogen-bond donors (Lipinski definition) is 2. The molecule has 3 rings (SSSR count). The van der Waals surface area contributed by atoms with E-state index in [4.69, 9.17) is 5.73 Å². The summed E-state index contributed by atoms with van der Waals surface area (Å²) in [6.07, 6.45) is 0. The summed E-state index contributed by atoms with van der Waals surface area (Å²) in [6, 6.07) is 14.8. The number of aromatic nitrogens is 1. The van der Waals surface area contributed by atoms with E-state index in [9.17, 15) is 9.90 Å². The average molecular weight is 280 g/mol. The lowest BCUT2D eigenvalue weighted by atomic mass is 10.0. The summed E-state index contributed by atoms with van der Waals surface area (Å²) in [5, 5.41) is 10.8. The van der Waals surface area contributed by atoms with Gasteiger partial charge < -0.3 is 15.4 Å². The van der Waals surface area contributed by atoms with Gasteiger partial charge in [-0.15, -0.1) is 0 Å². The normalized spacial score (nSPS) is 11.0. The molecule has 0 aliphatic rings. The van der Waals surface area contributed by atoms with E-state index in [-0.39, 0.29) is 11.2 Å². The number of nitrogens with two attached hydrogens (primary N) is 1. The fourth-order valence-corrected chi connectivity index (χ4v) is 2.60. The molecule has 106 valence electrons. The summed E-state index contributed by atoms with van der Waals surface area (Å²) in [4.78, 5) is 12.3. The van der Waals surface area contributed by atoms with Crippen molar-refractivity contribution in [3.8, 4) is 17.0 Å². The van der Waals surface area contributed by atoms with E-state index in [1.165, 1.54) is 0 Å². The number of aryl methyl sites for hydroxylation is 1. The molecular weight excluding hydrogens is 264 g/mol. The number of hydrogen-bond acceptors (Lipinski definition) is 3. The highest BCUT2D eigenvalue weighted by Gasteiger charge is 2.15. The molecule has 0 atom stereocenters. The van der Waals surface area contributed by atoms with Crippen LogP contribution in [0, 0.1) is 0 Å². The van der Waals surface area contributed by atoms with Gasteiger partial charge in [0.1, 0.15) is 0 Å². The maximum Gasteiger partial charge on any atom is 0.231 e. The van der Waals surface area contributed by atoms with Gasteiger partial charge in [-0.1, -0.05) is 36.4 Å². The molecule has 1 heterocycles. The first-order valence-electron chi connectivity index (χ1n) is 6.73. The Kier molecular flexibility index (Phi) is 3.23. The Balaban J connectivity index is 2.34. The number of nitrogens with zero attached hydrogens (tertiary/aromatic N) is 1. The summed E-state index contributed by atoms with van der Waals surface area (Å²) in [5.41, 5.74) is 8.34. The van der Waals surface area contributed by atoms with Crippen molar-refractivity contribution >= 4 is 10.9 Å². The molecule has 0 aliphatic carbocycles. The predicted octanol–water partition coefficient (Wildman–Crippen LogP) is 2.37. The topological polar surface area (TPSA) is 68.2 Å². The maximum atomic E-state index is 12.3. The third-order valence-electron chi connectivity index (χ3n) is 3.75. The van der Waals surface area contributed by atoms with Crippen LogP contribution in [-0.2, 0) is 13.6 Å². The minimum absolute atomic E-state index is 0.225. The third-order valence-corrected chi connectivity index (χ3v) is 3.75. The van der Waals surface area contributed by atoms with E-state index in [0.717, 1.165) is 16.6 Å². The van der Waals surface area contributed by atoms with Crippen LogP contribution in [0.2, 0.25) is 0 Å². The predicted molar refractivity (Wildman–Crippen MR) is 84.2 cm³/mol. The number of aromatic hydroxyl groups is 1. The quantitative estimate of drug-likeness (QED) is 0.757. The molecule has 3 aromatic rings. The van der Waals surface area contributed by atoms with Gasteiger partial charge in [0, 0.05) is 24.5 Å². The van der Waals surface area contributed by atoms with Crippen molar-refractivity contribution in [2.24, 2.45) is 12.8 Å². The van der Waals surface area contributed by atoms with Gasteiger partial charge in [-0.2, -0.15) is 0 Å². The van der Waals surface area contributed by atoms with Crippen molar-refractivity contribution < 1.29 is 5.11 Å². The molecule has 0 bridgehead atoms. The zero-order chi connectivity index (χ0) is 15.0. The minimum Gasteiger partial charge on any atom is -0.503 e. The molecule has 0 saturated carbocycles. The zero-order valence-corrected chi connectivity index (χ0v) is 11.7. The van der Waals surface area contributed by atoms with Gasteiger partial charge in [-0.3, -0.25) is 4.79 Å². The highest BCUT2D eigenvalue weighted by molar-refractivity contribution is 5.85. The van der Waals surface area contributed by atoms with Crippen LogP contribution in [0.1, 0.15) is 5.56 Å². The summed E-state index contributed by atoms with van der Waals surface area (Å²) in [7, 11) is 1.84. The first kappa shape index (κ1) is 13.4. The van der Waals surface area contributed by atoms with Crippen molar-refractivity contribution in [1.82, 2.24) is 4.57 Å². The van der Waals surface area contributed by atoms with Crippen LogP contribution in [0.4, 0.5) is 0 Å². The van der Waals surface area contributed by atoms with Crippen LogP contribution in [-0.4, -0.2) is 9.67 Å². The van der Waals surface area contributed by atoms with Crippen LogP contribution < -0.4 is 11.2 Å². The van der Waals surface area contributed by atoms with Crippen LogP contribution >= 0.6 is 0 Å². The lowest BCUT2D eigenvalue weighted by Crippen LogP contribution is -2.10. The number of pyridine rings is 1. The fourth-order valence-electron chi connectivity index (χ4n) is 2.60. The summed E-state index contributed by atoms with van der Waals surface area (Å²) >= 11 is 0. The summed E-state index contributed by atoms with van der Waals surface area (Å²) in [6.45, 7) is 0.461. The number of benzene rings is 2. The molecule has 0 unspecified atom stereocenters. The van der Waals surface area contributed by atoms with E-state index in [0.29, 0.717) is 17.6 Å². The molecule has 0 amide bonds. The van der Waals surface area contributed by atoms with Gasteiger partial charge in [-0.05, 0) is 17.7 Å².